The van der Waals surface area contributed by atoms with Crippen LogP contribution in [0.3, 0.4) is 0 Å². The molecule has 19 heavy (non-hydrogen) atoms. The summed E-state index contributed by atoms with van der Waals surface area (Å²) in [5, 5.41) is 11.2. The van der Waals surface area contributed by atoms with Crippen molar-refractivity contribution in [3.63, 3.8) is 0 Å². The van der Waals surface area contributed by atoms with Crippen molar-refractivity contribution in [1.82, 2.24) is 0 Å². The van der Waals surface area contributed by atoms with E-state index in [4.69, 9.17) is 0 Å². The molecule has 0 amide bonds. The van der Waals surface area contributed by atoms with Crippen molar-refractivity contribution in [3.05, 3.63) is 46.5 Å². The van der Waals surface area contributed by atoms with E-state index in [1.54, 1.807) is 18.2 Å². The van der Waals surface area contributed by atoms with Crippen LogP contribution in [-0.4, -0.2) is 23.3 Å². The number of rotatable bonds is 5. The lowest BCUT2D eigenvalue weighted by Gasteiger charge is -2.36. The first-order chi connectivity index (χ1) is 8.81. The summed E-state index contributed by atoms with van der Waals surface area (Å²) >= 11 is 0. The average molecular weight is 262 g/mol. The van der Waals surface area contributed by atoms with Crippen molar-refractivity contribution in [1.29, 1.82) is 0 Å². The van der Waals surface area contributed by atoms with E-state index in [1.807, 2.05) is 25.7 Å². The first-order valence-electron chi connectivity index (χ1n) is 5.93. The fourth-order valence-corrected chi connectivity index (χ4v) is 1.85. The number of aldehydes is 1. The van der Waals surface area contributed by atoms with E-state index in [1.165, 1.54) is 6.07 Å². The van der Waals surface area contributed by atoms with E-state index in [2.05, 4.69) is 6.58 Å². The summed E-state index contributed by atoms with van der Waals surface area (Å²) in [6.45, 7) is 10.1. The van der Waals surface area contributed by atoms with E-state index < -0.39 is 4.92 Å². The predicted molar refractivity (Wildman–Crippen MR) is 75.8 cm³/mol. The lowest BCUT2D eigenvalue weighted by atomic mass is 10.0. The van der Waals surface area contributed by atoms with Crippen LogP contribution < -0.4 is 4.90 Å². The number of carbonyl (C=O) groups excluding carboxylic acids is 1. The summed E-state index contributed by atoms with van der Waals surface area (Å²) < 4.78 is 0. The minimum absolute atomic E-state index is 0.0682. The number of anilines is 1. The van der Waals surface area contributed by atoms with Gasteiger partial charge in [-0.05, 0) is 32.9 Å². The summed E-state index contributed by atoms with van der Waals surface area (Å²) in [5.41, 5.74) is 0.425. The predicted octanol–water partition coefficient (Wildman–Crippen LogP) is 3.20. The van der Waals surface area contributed by atoms with Gasteiger partial charge in [0.25, 0.3) is 5.69 Å². The molecule has 102 valence electrons. The molecular weight excluding hydrogens is 244 g/mol. The number of carbonyl (C=O) groups is 1. The van der Waals surface area contributed by atoms with Gasteiger partial charge in [-0.15, -0.1) is 6.58 Å². The Hall–Kier alpha value is -2.17. The Kier molecular flexibility index (Phi) is 4.43. The van der Waals surface area contributed by atoms with Crippen molar-refractivity contribution in [2.24, 2.45) is 0 Å². The summed E-state index contributed by atoms with van der Waals surface area (Å²) in [5.74, 6) is 0. The van der Waals surface area contributed by atoms with Crippen LogP contribution in [0, 0.1) is 10.1 Å². The van der Waals surface area contributed by atoms with Crippen LogP contribution in [0.4, 0.5) is 11.4 Å². The molecule has 5 nitrogen and oxygen atoms in total. The SMILES string of the molecule is C=CCN(c1ccc(C=O)cc1[N+](=O)[O-])C(C)(C)C. The molecule has 0 saturated heterocycles. The first kappa shape index (κ1) is 14.9. The van der Waals surface area contributed by atoms with E-state index in [-0.39, 0.29) is 11.2 Å². The quantitative estimate of drug-likeness (QED) is 0.354. The molecule has 0 bridgehead atoms. The van der Waals surface area contributed by atoms with Gasteiger partial charge in [-0.3, -0.25) is 14.9 Å². The maximum atomic E-state index is 11.2. The van der Waals surface area contributed by atoms with Crippen molar-refractivity contribution in [2.75, 3.05) is 11.4 Å². The van der Waals surface area contributed by atoms with Gasteiger partial charge >= 0.3 is 0 Å². The van der Waals surface area contributed by atoms with Gasteiger partial charge in [0.05, 0.1) is 4.92 Å². The monoisotopic (exact) mass is 262 g/mol. The second-order valence-electron chi connectivity index (χ2n) is 5.19. The normalized spacial score (nSPS) is 10.9. The van der Waals surface area contributed by atoms with Gasteiger partial charge in [0.1, 0.15) is 12.0 Å². The van der Waals surface area contributed by atoms with Crippen LogP contribution in [0.2, 0.25) is 0 Å². The van der Waals surface area contributed by atoms with Crippen LogP contribution in [0.15, 0.2) is 30.9 Å². The molecular formula is C14H18N2O3. The van der Waals surface area contributed by atoms with Crippen molar-refractivity contribution < 1.29 is 9.72 Å². The second-order valence-corrected chi connectivity index (χ2v) is 5.19. The standard InChI is InChI=1S/C14H18N2O3/c1-5-8-15(14(2,3)4)12-7-6-11(10-17)9-13(12)16(18)19/h5-7,9-10H,1,8H2,2-4H3. The zero-order valence-electron chi connectivity index (χ0n) is 11.4. The zero-order chi connectivity index (χ0) is 14.6. The van der Waals surface area contributed by atoms with Gasteiger partial charge in [0, 0.05) is 23.7 Å². The molecule has 0 fully saturated rings. The third-order valence-corrected chi connectivity index (χ3v) is 2.74. The maximum Gasteiger partial charge on any atom is 0.293 e. The molecule has 0 aromatic heterocycles. The van der Waals surface area contributed by atoms with Crippen molar-refractivity contribution in [2.45, 2.75) is 26.3 Å². The Bertz CT molecular complexity index is 504. The number of nitro groups is 1. The average Bonchev–Trinajstić information content (AvgIpc) is 2.34. The minimum atomic E-state index is -0.468. The highest BCUT2D eigenvalue weighted by Crippen LogP contribution is 2.33. The Morgan fingerprint density at radius 1 is 1.42 bits per heavy atom. The fourth-order valence-electron chi connectivity index (χ4n) is 1.85. The molecule has 0 radical (unpaired) electrons. The molecule has 0 N–H and O–H groups in total. The third-order valence-electron chi connectivity index (χ3n) is 2.74. The minimum Gasteiger partial charge on any atom is -0.357 e. The molecule has 1 aromatic carbocycles. The van der Waals surface area contributed by atoms with Gasteiger partial charge in [-0.2, -0.15) is 0 Å². The molecule has 0 spiro atoms. The summed E-state index contributed by atoms with van der Waals surface area (Å²) in [6.07, 6.45) is 2.30. The lowest BCUT2D eigenvalue weighted by Crippen LogP contribution is -2.42. The molecule has 5 heteroatoms. The molecule has 0 saturated carbocycles. The first-order valence-corrected chi connectivity index (χ1v) is 5.93. The van der Waals surface area contributed by atoms with Crippen LogP contribution >= 0.6 is 0 Å². The number of hydrogen-bond donors (Lipinski definition) is 0. The summed E-state index contributed by atoms with van der Waals surface area (Å²) in [4.78, 5) is 23.3. The molecule has 0 unspecified atom stereocenters. The van der Waals surface area contributed by atoms with Crippen LogP contribution in [0.5, 0.6) is 0 Å². The van der Waals surface area contributed by atoms with Crippen LogP contribution in [-0.2, 0) is 0 Å². The molecule has 1 rings (SSSR count). The highest BCUT2D eigenvalue weighted by atomic mass is 16.6. The topological polar surface area (TPSA) is 63.5 Å². The Morgan fingerprint density at radius 3 is 2.47 bits per heavy atom. The molecule has 0 aliphatic carbocycles. The lowest BCUT2D eigenvalue weighted by molar-refractivity contribution is -0.384. The highest BCUT2D eigenvalue weighted by Gasteiger charge is 2.27. The smallest absolute Gasteiger partial charge is 0.293 e. The Morgan fingerprint density at radius 2 is 2.05 bits per heavy atom. The van der Waals surface area contributed by atoms with Crippen molar-refractivity contribution >= 4 is 17.7 Å². The summed E-state index contributed by atoms with van der Waals surface area (Å²) in [6, 6.07) is 4.48. The number of hydrogen-bond acceptors (Lipinski definition) is 4. The van der Waals surface area contributed by atoms with Crippen LogP contribution in [0.1, 0.15) is 31.1 Å². The summed E-state index contributed by atoms with van der Waals surface area (Å²) in [7, 11) is 0. The van der Waals surface area contributed by atoms with Gasteiger partial charge in [0.15, 0.2) is 0 Å². The fraction of sp³-hybridized carbons (Fsp3) is 0.357. The molecule has 0 atom stereocenters. The van der Waals surface area contributed by atoms with Gasteiger partial charge in [-0.1, -0.05) is 6.08 Å². The van der Waals surface area contributed by atoms with E-state index in [0.29, 0.717) is 24.1 Å². The molecule has 0 heterocycles. The van der Waals surface area contributed by atoms with Crippen LogP contribution in [0.25, 0.3) is 0 Å². The molecule has 1 aromatic rings. The number of benzene rings is 1. The zero-order valence-corrected chi connectivity index (χ0v) is 11.4. The van der Waals surface area contributed by atoms with Gasteiger partial charge < -0.3 is 4.90 Å². The molecule has 0 aliphatic rings. The van der Waals surface area contributed by atoms with E-state index in [0.717, 1.165) is 0 Å². The largest absolute Gasteiger partial charge is 0.357 e. The Balaban J connectivity index is 3.41. The van der Waals surface area contributed by atoms with E-state index >= 15 is 0 Å². The second kappa shape index (κ2) is 5.65. The Labute approximate surface area is 112 Å². The number of nitrogens with zero attached hydrogens (tertiary/aromatic N) is 2. The highest BCUT2D eigenvalue weighted by molar-refractivity contribution is 5.80. The van der Waals surface area contributed by atoms with Crippen molar-refractivity contribution in [3.8, 4) is 0 Å². The maximum absolute atomic E-state index is 11.2. The molecule has 0 aliphatic heterocycles. The number of nitro benzene ring substituents is 1. The van der Waals surface area contributed by atoms with Gasteiger partial charge in [0.2, 0.25) is 0 Å². The third kappa shape index (κ3) is 3.40. The van der Waals surface area contributed by atoms with E-state index in [9.17, 15) is 14.9 Å². The van der Waals surface area contributed by atoms with Gasteiger partial charge in [-0.25, -0.2) is 0 Å².